The fourth-order valence-electron chi connectivity index (χ4n) is 2.82. The molecule has 0 aliphatic heterocycles. The Morgan fingerprint density at radius 3 is 2.76 bits per heavy atom. The quantitative estimate of drug-likeness (QED) is 0.516. The highest BCUT2D eigenvalue weighted by molar-refractivity contribution is 14.2. The van der Waals surface area contributed by atoms with Gasteiger partial charge in [0.25, 0.3) is 0 Å². The van der Waals surface area contributed by atoms with Crippen molar-refractivity contribution in [3.8, 4) is 6.07 Å². The lowest BCUT2D eigenvalue weighted by atomic mass is 9.97. The van der Waals surface area contributed by atoms with E-state index in [1.165, 1.54) is 27.6 Å². The molecular formula is C12H9BrINOS. The number of halogens is 2. The van der Waals surface area contributed by atoms with Crippen LogP contribution < -0.4 is 0 Å². The highest BCUT2D eigenvalue weighted by atomic mass is 127. The van der Waals surface area contributed by atoms with Gasteiger partial charge in [0.05, 0.1) is 9.21 Å². The Kier molecular flexibility index (Phi) is 2.97. The van der Waals surface area contributed by atoms with Crippen LogP contribution in [0.2, 0.25) is 0 Å². The molecule has 1 spiro atoms. The van der Waals surface area contributed by atoms with Gasteiger partial charge in [-0.25, -0.2) is 0 Å². The van der Waals surface area contributed by atoms with Gasteiger partial charge < -0.3 is 0 Å². The number of nitriles is 1. The molecule has 2 aliphatic rings. The van der Waals surface area contributed by atoms with Gasteiger partial charge >= 0.3 is 0 Å². The third-order valence-corrected chi connectivity index (χ3v) is 5.16. The largest absolute Gasteiger partial charge is 0.278 e. The summed E-state index contributed by atoms with van der Waals surface area (Å²) in [7, 11) is 1.25. The second-order valence-corrected chi connectivity index (χ2v) is 7.02. The van der Waals surface area contributed by atoms with E-state index in [0.29, 0.717) is 0 Å². The van der Waals surface area contributed by atoms with Crippen LogP contribution in [0.1, 0.15) is 30.4 Å². The Morgan fingerprint density at radius 1 is 1.41 bits per heavy atom. The SMILES string of the molecule is N#CC1(OSI)CC2(CC2)c2cc(Br)ccc21. The molecule has 1 fully saturated rings. The van der Waals surface area contributed by atoms with Crippen molar-refractivity contribution in [1.29, 1.82) is 5.26 Å². The van der Waals surface area contributed by atoms with E-state index in [4.69, 9.17) is 4.18 Å². The van der Waals surface area contributed by atoms with Gasteiger partial charge in [0.1, 0.15) is 6.07 Å². The van der Waals surface area contributed by atoms with Gasteiger partial charge in [-0.3, -0.25) is 4.18 Å². The normalized spacial score (nSPS) is 27.8. The predicted molar refractivity (Wildman–Crippen MR) is 79.7 cm³/mol. The Bertz CT molecular complexity index is 526. The molecule has 0 N–H and O–H groups in total. The van der Waals surface area contributed by atoms with Crippen LogP contribution in [0.4, 0.5) is 0 Å². The number of benzene rings is 1. The zero-order valence-corrected chi connectivity index (χ0v) is 13.4. The average Bonchev–Trinajstić information content (AvgIpc) is 3.03. The molecule has 1 aromatic carbocycles. The Hall–Kier alpha value is 0.230. The second kappa shape index (κ2) is 4.12. The summed E-state index contributed by atoms with van der Waals surface area (Å²) in [6, 6.07) is 8.57. The molecule has 1 atom stereocenters. The van der Waals surface area contributed by atoms with E-state index in [2.05, 4.69) is 49.3 Å². The van der Waals surface area contributed by atoms with Crippen molar-refractivity contribution >= 4 is 46.3 Å². The van der Waals surface area contributed by atoms with E-state index in [1.54, 1.807) is 0 Å². The summed E-state index contributed by atoms with van der Waals surface area (Å²) in [5.41, 5.74) is 1.82. The van der Waals surface area contributed by atoms with Gasteiger partial charge in [0, 0.05) is 43.1 Å². The van der Waals surface area contributed by atoms with Crippen LogP contribution in [-0.4, -0.2) is 0 Å². The minimum Gasteiger partial charge on any atom is -0.278 e. The van der Waals surface area contributed by atoms with Gasteiger partial charge in [-0.1, -0.05) is 22.0 Å². The molecule has 0 amide bonds. The van der Waals surface area contributed by atoms with Crippen molar-refractivity contribution in [2.24, 2.45) is 0 Å². The third kappa shape index (κ3) is 1.76. The number of hydrogen-bond donors (Lipinski definition) is 0. The van der Waals surface area contributed by atoms with Crippen molar-refractivity contribution in [2.75, 3.05) is 0 Å². The van der Waals surface area contributed by atoms with E-state index in [1.807, 2.05) is 12.1 Å². The van der Waals surface area contributed by atoms with Crippen LogP contribution in [0, 0.1) is 11.3 Å². The highest BCUT2D eigenvalue weighted by Crippen LogP contribution is 2.63. The molecule has 0 heterocycles. The summed E-state index contributed by atoms with van der Waals surface area (Å²) < 4.78 is 6.79. The number of hydrogen-bond acceptors (Lipinski definition) is 3. The molecule has 3 rings (SSSR count). The monoisotopic (exact) mass is 421 g/mol. The summed E-state index contributed by atoms with van der Waals surface area (Å²) in [5, 5.41) is 9.52. The molecule has 5 heteroatoms. The lowest BCUT2D eigenvalue weighted by molar-refractivity contribution is 0.157. The molecule has 88 valence electrons. The van der Waals surface area contributed by atoms with Crippen molar-refractivity contribution in [1.82, 2.24) is 0 Å². The van der Waals surface area contributed by atoms with Gasteiger partial charge in [-0.05, 0) is 30.5 Å². The molecule has 1 saturated carbocycles. The van der Waals surface area contributed by atoms with Crippen molar-refractivity contribution in [3.05, 3.63) is 33.8 Å². The molecule has 2 aliphatic carbocycles. The highest BCUT2D eigenvalue weighted by Gasteiger charge is 2.59. The lowest BCUT2D eigenvalue weighted by Gasteiger charge is -2.20. The zero-order chi connectivity index (χ0) is 12.1. The molecule has 2 nitrogen and oxygen atoms in total. The second-order valence-electron chi connectivity index (χ2n) is 4.73. The van der Waals surface area contributed by atoms with Gasteiger partial charge in [0.15, 0.2) is 5.60 Å². The summed E-state index contributed by atoms with van der Waals surface area (Å²) in [4.78, 5) is 0. The van der Waals surface area contributed by atoms with E-state index in [9.17, 15) is 5.26 Å². The Morgan fingerprint density at radius 2 is 2.18 bits per heavy atom. The molecule has 0 bridgehead atoms. The minimum atomic E-state index is -0.752. The molecule has 17 heavy (non-hydrogen) atoms. The molecular weight excluding hydrogens is 413 g/mol. The minimum absolute atomic E-state index is 0.210. The lowest BCUT2D eigenvalue weighted by Crippen LogP contribution is -2.22. The first-order valence-electron chi connectivity index (χ1n) is 5.34. The third-order valence-electron chi connectivity index (χ3n) is 3.78. The van der Waals surface area contributed by atoms with Crippen LogP contribution in [-0.2, 0) is 15.2 Å². The van der Waals surface area contributed by atoms with Crippen LogP contribution in [0.15, 0.2) is 22.7 Å². The Balaban J connectivity index is 2.17. The van der Waals surface area contributed by atoms with Crippen molar-refractivity contribution in [3.63, 3.8) is 0 Å². The van der Waals surface area contributed by atoms with Crippen molar-refractivity contribution in [2.45, 2.75) is 30.3 Å². The number of rotatable bonds is 2. The molecule has 1 unspecified atom stereocenters. The fraction of sp³-hybridized carbons (Fsp3) is 0.417. The smallest absolute Gasteiger partial charge is 0.195 e. The Labute approximate surface area is 125 Å². The molecule has 1 aromatic rings. The molecule has 0 saturated heterocycles. The van der Waals surface area contributed by atoms with Crippen LogP contribution in [0.5, 0.6) is 0 Å². The topological polar surface area (TPSA) is 33.0 Å². The van der Waals surface area contributed by atoms with E-state index in [0.717, 1.165) is 16.5 Å². The maximum atomic E-state index is 9.52. The van der Waals surface area contributed by atoms with Crippen molar-refractivity contribution < 1.29 is 4.18 Å². The first kappa shape index (κ1) is 12.3. The average molecular weight is 422 g/mol. The van der Waals surface area contributed by atoms with E-state index in [-0.39, 0.29) is 5.41 Å². The van der Waals surface area contributed by atoms with Gasteiger partial charge in [-0.15, -0.1) is 0 Å². The van der Waals surface area contributed by atoms with Gasteiger partial charge in [0.2, 0.25) is 0 Å². The maximum Gasteiger partial charge on any atom is 0.195 e. The number of fused-ring (bicyclic) bond motifs is 2. The molecule has 0 aromatic heterocycles. The van der Waals surface area contributed by atoms with Crippen LogP contribution in [0.25, 0.3) is 0 Å². The van der Waals surface area contributed by atoms with Gasteiger partial charge in [-0.2, -0.15) is 5.26 Å². The zero-order valence-electron chi connectivity index (χ0n) is 8.87. The summed E-state index contributed by atoms with van der Waals surface area (Å²) in [6.07, 6.45) is 3.16. The van der Waals surface area contributed by atoms with E-state index >= 15 is 0 Å². The number of nitrogens with zero attached hydrogens (tertiary/aromatic N) is 1. The molecule has 0 radical (unpaired) electrons. The maximum absolute atomic E-state index is 9.52. The van der Waals surface area contributed by atoms with Crippen LogP contribution in [0.3, 0.4) is 0 Å². The standard InChI is InChI=1S/C12H9BrINOS/c13-8-1-2-9-10(5-8)11(3-4-11)6-12(9,7-15)16-17-14/h1-2,5H,3-4,6H2. The predicted octanol–water partition coefficient (Wildman–Crippen LogP) is 4.62. The first-order valence-corrected chi connectivity index (χ1v) is 9.42. The first-order chi connectivity index (χ1) is 8.16. The summed E-state index contributed by atoms with van der Waals surface area (Å²) in [5.74, 6) is 0. The van der Waals surface area contributed by atoms with Crippen LogP contribution >= 0.6 is 46.3 Å². The van der Waals surface area contributed by atoms with E-state index < -0.39 is 5.60 Å². The summed E-state index contributed by atoms with van der Waals surface area (Å²) in [6.45, 7) is 0. The fourth-order valence-corrected chi connectivity index (χ4v) is 4.39. The summed E-state index contributed by atoms with van der Waals surface area (Å²) >= 11 is 5.59.